The van der Waals surface area contributed by atoms with E-state index < -0.39 is 0 Å². The molecule has 1 atom stereocenters. The van der Waals surface area contributed by atoms with Crippen LogP contribution in [0.4, 0.5) is 0 Å². The van der Waals surface area contributed by atoms with Crippen LogP contribution in [0.15, 0.2) is 28.7 Å². The molecule has 0 bridgehead atoms. The summed E-state index contributed by atoms with van der Waals surface area (Å²) < 4.78 is 1.08. The van der Waals surface area contributed by atoms with Gasteiger partial charge in [-0.25, -0.2) is 0 Å². The maximum Gasteiger partial charge on any atom is 0.227 e. The molecule has 3 rings (SSSR count). The highest BCUT2D eigenvalue weighted by molar-refractivity contribution is 9.10. The van der Waals surface area contributed by atoms with Crippen molar-refractivity contribution in [3.63, 3.8) is 0 Å². The van der Waals surface area contributed by atoms with Crippen LogP contribution in [0, 0.1) is 5.92 Å². The van der Waals surface area contributed by atoms with E-state index in [1.807, 2.05) is 12.1 Å². The number of nitrogens with one attached hydrogen (secondary N) is 1. The normalized spacial score (nSPS) is 21.5. The highest BCUT2D eigenvalue weighted by Crippen LogP contribution is 2.31. The number of hydrogen-bond acceptors (Lipinski definition) is 2. The van der Waals surface area contributed by atoms with E-state index in [2.05, 4.69) is 38.3 Å². The van der Waals surface area contributed by atoms with Crippen molar-refractivity contribution in [1.29, 1.82) is 0 Å². The molecule has 1 aliphatic carbocycles. The van der Waals surface area contributed by atoms with Gasteiger partial charge in [0, 0.05) is 23.6 Å². The van der Waals surface area contributed by atoms with Crippen LogP contribution >= 0.6 is 28.3 Å². The lowest BCUT2D eigenvalue weighted by molar-refractivity contribution is -0.137. The van der Waals surface area contributed by atoms with Gasteiger partial charge in [0.15, 0.2) is 0 Å². The highest BCUT2D eigenvalue weighted by Gasteiger charge is 2.36. The Balaban J connectivity index is 0.00000161. The fourth-order valence-corrected chi connectivity index (χ4v) is 3.35. The van der Waals surface area contributed by atoms with Crippen LogP contribution in [-0.4, -0.2) is 29.9 Å². The standard InChI is InChI=1S/C16H21BrN2O.ClH/c17-14-5-1-3-12(9-14)11-19(15-6-7-15)16(20)13-4-2-8-18-10-13;/h1,3,5,9,13,15,18H,2,4,6-8,10-11H2;1H. The molecule has 1 aromatic carbocycles. The van der Waals surface area contributed by atoms with Gasteiger partial charge < -0.3 is 10.2 Å². The van der Waals surface area contributed by atoms with Crippen molar-refractivity contribution in [3.8, 4) is 0 Å². The second-order valence-corrected chi connectivity index (χ2v) is 6.79. The van der Waals surface area contributed by atoms with Gasteiger partial charge in [0.1, 0.15) is 0 Å². The molecule has 2 fully saturated rings. The predicted molar refractivity (Wildman–Crippen MR) is 90.6 cm³/mol. The Morgan fingerprint density at radius 3 is 2.76 bits per heavy atom. The molecule has 1 amide bonds. The Morgan fingerprint density at radius 2 is 2.14 bits per heavy atom. The van der Waals surface area contributed by atoms with Gasteiger partial charge in [-0.1, -0.05) is 28.1 Å². The second kappa shape index (κ2) is 7.61. The van der Waals surface area contributed by atoms with Gasteiger partial charge in [-0.15, -0.1) is 12.4 Å². The van der Waals surface area contributed by atoms with E-state index in [0.717, 1.165) is 36.9 Å². The average molecular weight is 374 g/mol. The summed E-state index contributed by atoms with van der Waals surface area (Å²) in [6.07, 6.45) is 4.49. The first-order valence-electron chi connectivity index (χ1n) is 7.49. The third kappa shape index (κ3) is 4.44. The number of benzene rings is 1. The number of rotatable bonds is 4. The molecule has 116 valence electrons. The molecule has 21 heavy (non-hydrogen) atoms. The van der Waals surface area contributed by atoms with Crippen molar-refractivity contribution in [2.75, 3.05) is 13.1 Å². The van der Waals surface area contributed by atoms with Crippen molar-refractivity contribution in [1.82, 2.24) is 10.2 Å². The van der Waals surface area contributed by atoms with Gasteiger partial charge in [-0.2, -0.15) is 0 Å². The van der Waals surface area contributed by atoms with Gasteiger partial charge >= 0.3 is 0 Å². The summed E-state index contributed by atoms with van der Waals surface area (Å²) in [6, 6.07) is 8.76. The Labute approximate surface area is 141 Å². The minimum atomic E-state index is 0. The number of nitrogens with zero attached hydrogens (tertiary/aromatic N) is 1. The van der Waals surface area contributed by atoms with E-state index in [1.54, 1.807) is 0 Å². The van der Waals surface area contributed by atoms with Gasteiger partial charge in [-0.3, -0.25) is 4.79 Å². The fourth-order valence-electron chi connectivity index (χ4n) is 2.90. The molecule has 2 aliphatic rings. The second-order valence-electron chi connectivity index (χ2n) is 5.87. The van der Waals surface area contributed by atoms with Crippen LogP contribution in [0.2, 0.25) is 0 Å². The van der Waals surface area contributed by atoms with Crippen molar-refractivity contribution < 1.29 is 4.79 Å². The molecule has 3 nitrogen and oxygen atoms in total. The molecule has 0 spiro atoms. The molecular formula is C16H22BrClN2O. The van der Waals surface area contributed by atoms with Gasteiger partial charge in [0.05, 0.1) is 5.92 Å². The smallest absolute Gasteiger partial charge is 0.227 e. The van der Waals surface area contributed by atoms with Crippen molar-refractivity contribution in [2.45, 2.75) is 38.3 Å². The Kier molecular flexibility index (Phi) is 6.08. The number of carbonyl (C=O) groups is 1. The maximum absolute atomic E-state index is 12.7. The quantitative estimate of drug-likeness (QED) is 0.877. The van der Waals surface area contributed by atoms with Crippen LogP contribution < -0.4 is 5.32 Å². The lowest BCUT2D eigenvalue weighted by atomic mass is 9.97. The number of hydrogen-bond donors (Lipinski definition) is 1. The molecule has 1 aliphatic heterocycles. The van der Waals surface area contributed by atoms with E-state index in [-0.39, 0.29) is 18.3 Å². The zero-order chi connectivity index (χ0) is 13.9. The first-order valence-corrected chi connectivity index (χ1v) is 8.29. The lowest BCUT2D eigenvalue weighted by Gasteiger charge is -2.30. The third-order valence-electron chi connectivity index (χ3n) is 4.16. The Bertz CT molecular complexity index is 487. The first-order chi connectivity index (χ1) is 9.74. The minimum Gasteiger partial charge on any atom is -0.335 e. The molecule has 0 radical (unpaired) electrons. The third-order valence-corrected chi connectivity index (χ3v) is 4.65. The molecule has 1 heterocycles. The summed E-state index contributed by atoms with van der Waals surface area (Å²) in [5.41, 5.74) is 1.21. The lowest BCUT2D eigenvalue weighted by Crippen LogP contribution is -2.43. The monoisotopic (exact) mass is 372 g/mol. The van der Waals surface area contributed by atoms with Crippen molar-refractivity contribution in [2.24, 2.45) is 5.92 Å². The van der Waals surface area contributed by atoms with Crippen LogP contribution in [0.3, 0.4) is 0 Å². The van der Waals surface area contributed by atoms with E-state index in [1.165, 1.54) is 18.4 Å². The molecule has 5 heteroatoms. The maximum atomic E-state index is 12.7. The molecule has 1 aromatic rings. The Morgan fingerprint density at radius 1 is 1.33 bits per heavy atom. The number of piperidine rings is 1. The number of halogens is 2. The van der Waals surface area contributed by atoms with Gasteiger partial charge in [0.25, 0.3) is 0 Å². The molecule has 1 saturated carbocycles. The molecular weight excluding hydrogens is 352 g/mol. The fraction of sp³-hybridized carbons (Fsp3) is 0.562. The molecule has 1 saturated heterocycles. The summed E-state index contributed by atoms with van der Waals surface area (Å²) >= 11 is 3.50. The average Bonchev–Trinajstić information content (AvgIpc) is 3.30. The van der Waals surface area contributed by atoms with Crippen LogP contribution in [0.25, 0.3) is 0 Å². The Hall–Kier alpha value is -0.580. The summed E-state index contributed by atoms with van der Waals surface area (Å²) in [4.78, 5) is 14.9. The van der Waals surface area contributed by atoms with Crippen LogP contribution in [-0.2, 0) is 11.3 Å². The van der Waals surface area contributed by atoms with Crippen LogP contribution in [0.1, 0.15) is 31.2 Å². The zero-order valence-corrected chi connectivity index (χ0v) is 14.5. The molecule has 1 N–H and O–H groups in total. The number of carbonyl (C=O) groups excluding carboxylic acids is 1. The minimum absolute atomic E-state index is 0. The van der Waals surface area contributed by atoms with Gasteiger partial charge in [0.2, 0.25) is 5.91 Å². The summed E-state index contributed by atoms with van der Waals surface area (Å²) in [7, 11) is 0. The highest BCUT2D eigenvalue weighted by atomic mass is 79.9. The number of amides is 1. The van der Waals surface area contributed by atoms with Crippen molar-refractivity contribution in [3.05, 3.63) is 34.3 Å². The summed E-state index contributed by atoms with van der Waals surface area (Å²) in [5.74, 6) is 0.524. The van der Waals surface area contributed by atoms with E-state index >= 15 is 0 Å². The van der Waals surface area contributed by atoms with Crippen molar-refractivity contribution >= 4 is 34.2 Å². The summed E-state index contributed by atoms with van der Waals surface area (Å²) in [5, 5.41) is 3.35. The van der Waals surface area contributed by atoms with E-state index in [9.17, 15) is 4.79 Å². The van der Waals surface area contributed by atoms with E-state index in [4.69, 9.17) is 0 Å². The van der Waals surface area contributed by atoms with Crippen LogP contribution in [0.5, 0.6) is 0 Å². The van der Waals surface area contributed by atoms with E-state index in [0.29, 0.717) is 11.9 Å². The largest absolute Gasteiger partial charge is 0.335 e. The van der Waals surface area contributed by atoms with Gasteiger partial charge in [-0.05, 0) is 49.9 Å². The molecule has 0 aromatic heterocycles. The topological polar surface area (TPSA) is 32.3 Å². The zero-order valence-electron chi connectivity index (χ0n) is 12.1. The SMILES string of the molecule is Cl.O=C(C1CCCNC1)N(Cc1cccc(Br)c1)C1CC1. The first kappa shape index (κ1) is 16.8. The summed E-state index contributed by atoms with van der Waals surface area (Å²) in [6.45, 7) is 2.65. The predicted octanol–water partition coefficient (Wildman–Crippen LogP) is 3.36. The molecule has 1 unspecified atom stereocenters.